The molecule has 2 fully saturated rings. The molecule has 2 aromatic carbocycles. The molecule has 2 aliphatic heterocycles. The Kier molecular flexibility index (Phi) is 5.18. The van der Waals surface area contributed by atoms with E-state index in [0.717, 1.165) is 17.1 Å². The number of hydrogen-bond donors (Lipinski definition) is 2. The quantitative estimate of drug-likeness (QED) is 0.745. The Morgan fingerprint density at radius 1 is 1.00 bits per heavy atom. The Morgan fingerprint density at radius 3 is 2.38 bits per heavy atom. The smallest absolute Gasteiger partial charge is 0.326 e. The summed E-state index contributed by atoms with van der Waals surface area (Å²) in [6, 6.07) is 17.2. The number of rotatable bonds is 5. The minimum absolute atomic E-state index is 0.257. The third-order valence-electron chi connectivity index (χ3n) is 5.17. The number of aryl methyl sites for hydroxylation is 1. The van der Waals surface area contributed by atoms with Crippen LogP contribution in [-0.2, 0) is 20.8 Å². The highest BCUT2D eigenvalue weighted by molar-refractivity contribution is 6.35. The Labute approximate surface area is 169 Å². The second kappa shape index (κ2) is 7.92. The molecular weight excluding hydrogens is 370 g/mol. The highest BCUT2D eigenvalue weighted by Crippen LogP contribution is 2.24. The van der Waals surface area contributed by atoms with E-state index in [4.69, 9.17) is 0 Å². The van der Waals surface area contributed by atoms with Gasteiger partial charge in [-0.2, -0.15) is 5.43 Å². The number of carbonyl (C=O) groups is 3. The molecule has 0 spiro atoms. The minimum Gasteiger partial charge on any atom is -0.336 e. The fourth-order valence-corrected chi connectivity index (χ4v) is 3.59. The molecule has 150 valence electrons. The molecule has 29 heavy (non-hydrogen) atoms. The van der Waals surface area contributed by atoms with Crippen LogP contribution in [0.4, 0.5) is 11.4 Å². The van der Waals surface area contributed by atoms with Gasteiger partial charge in [-0.3, -0.25) is 24.3 Å². The largest absolute Gasteiger partial charge is 0.336 e. The zero-order valence-electron chi connectivity index (χ0n) is 16.2. The van der Waals surface area contributed by atoms with Crippen molar-refractivity contribution in [1.82, 2.24) is 15.3 Å². The number of hydrazine groups is 1. The first-order valence-corrected chi connectivity index (χ1v) is 9.66. The fourth-order valence-electron chi connectivity index (χ4n) is 3.59. The number of hydrogen-bond acceptors (Lipinski definition) is 5. The lowest BCUT2D eigenvalue weighted by molar-refractivity contribution is -0.163. The van der Waals surface area contributed by atoms with Crippen molar-refractivity contribution in [3.8, 4) is 0 Å². The molecule has 0 bridgehead atoms. The summed E-state index contributed by atoms with van der Waals surface area (Å²) >= 11 is 0. The lowest BCUT2D eigenvalue weighted by atomic mass is 10.1. The van der Waals surface area contributed by atoms with Gasteiger partial charge in [0.15, 0.2) is 6.29 Å². The number of anilines is 2. The predicted molar refractivity (Wildman–Crippen MR) is 109 cm³/mol. The number of benzene rings is 2. The maximum atomic E-state index is 12.5. The van der Waals surface area contributed by atoms with Crippen molar-refractivity contribution < 1.29 is 14.4 Å². The molecule has 3 amide bonds. The molecule has 2 heterocycles. The first-order valence-electron chi connectivity index (χ1n) is 9.66. The number of fused-ring (bicyclic) bond motifs is 1. The van der Waals surface area contributed by atoms with Gasteiger partial charge in [0.25, 0.3) is 0 Å². The van der Waals surface area contributed by atoms with Gasteiger partial charge in [-0.1, -0.05) is 37.3 Å². The molecule has 2 N–H and O–H groups in total. The normalized spacial score (nSPS) is 18.8. The third-order valence-corrected chi connectivity index (χ3v) is 5.17. The lowest BCUT2D eigenvalue weighted by Crippen LogP contribution is -2.68. The molecule has 1 unspecified atom stereocenters. The van der Waals surface area contributed by atoms with Crippen molar-refractivity contribution in [2.45, 2.75) is 19.6 Å². The second-order valence-corrected chi connectivity index (χ2v) is 7.02. The van der Waals surface area contributed by atoms with Crippen molar-refractivity contribution in [1.29, 1.82) is 0 Å². The number of carbonyl (C=O) groups excluding carboxylic acids is 3. The molecule has 8 nitrogen and oxygen atoms in total. The standard InChI is InChI=1S/C21H23N5O3/c1-2-15-8-10-16(11-9-15)22-18(27)14-26-20(29)19(28)25-13-12-24(21(25)23-26)17-6-4-3-5-7-17/h3-11,21,23H,2,12-14H2,1H3,(H,22,27). The van der Waals surface area contributed by atoms with E-state index in [-0.39, 0.29) is 12.5 Å². The van der Waals surface area contributed by atoms with Crippen molar-refractivity contribution in [3.05, 3.63) is 60.2 Å². The van der Waals surface area contributed by atoms with E-state index in [1.165, 1.54) is 10.5 Å². The van der Waals surface area contributed by atoms with Crippen molar-refractivity contribution in [2.24, 2.45) is 0 Å². The third kappa shape index (κ3) is 3.79. The van der Waals surface area contributed by atoms with Crippen LogP contribution in [0.3, 0.4) is 0 Å². The summed E-state index contributed by atoms with van der Waals surface area (Å²) in [5.41, 5.74) is 5.79. The van der Waals surface area contributed by atoms with Gasteiger partial charge in [0.1, 0.15) is 6.54 Å². The summed E-state index contributed by atoms with van der Waals surface area (Å²) < 4.78 is 0. The zero-order valence-corrected chi connectivity index (χ0v) is 16.2. The molecule has 2 aromatic rings. The average molecular weight is 393 g/mol. The fraction of sp³-hybridized carbons (Fsp3) is 0.286. The molecule has 0 saturated carbocycles. The molecule has 2 saturated heterocycles. The Hall–Kier alpha value is -3.39. The van der Waals surface area contributed by atoms with E-state index in [1.807, 2.05) is 59.5 Å². The highest BCUT2D eigenvalue weighted by Gasteiger charge is 2.45. The molecule has 1 atom stereocenters. The number of nitrogens with zero attached hydrogens (tertiary/aromatic N) is 3. The molecule has 4 rings (SSSR count). The molecular formula is C21H23N5O3. The Bertz CT molecular complexity index is 916. The van der Waals surface area contributed by atoms with Crippen molar-refractivity contribution in [3.63, 3.8) is 0 Å². The maximum Gasteiger partial charge on any atom is 0.326 e. The van der Waals surface area contributed by atoms with Gasteiger partial charge in [0.05, 0.1) is 0 Å². The Balaban J connectivity index is 1.45. The number of nitrogens with one attached hydrogen (secondary N) is 2. The van der Waals surface area contributed by atoms with Gasteiger partial charge in [0, 0.05) is 24.5 Å². The van der Waals surface area contributed by atoms with Crippen molar-refractivity contribution >= 4 is 29.1 Å². The van der Waals surface area contributed by atoms with E-state index < -0.39 is 18.1 Å². The van der Waals surface area contributed by atoms with Crippen LogP contribution in [0.1, 0.15) is 12.5 Å². The Morgan fingerprint density at radius 2 is 1.69 bits per heavy atom. The van der Waals surface area contributed by atoms with Crippen LogP contribution in [-0.4, -0.2) is 53.6 Å². The molecule has 0 aliphatic carbocycles. The molecule has 8 heteroatoms. The maximum absolute atomic E-state index is 12.5. The molecule has 2 aliphatic rings. The van der Waals surface area contributed by atoms with Crippen LogP contribution < -0.4 is 15.6 Å². The van der Waals surface area contributed by atoms with Gasteiger partial charge in [-0.25, -0.2) is 0 Å². The van der Waals surface area contributed by atoms with Gasteiger partial charge < -0.3 is 10.2 Å². The summed E-state index contributed by atoms with van der Waals surface area (Å²) in [4.78, 5) is 40.9. The SMILES string of the molecule is CCc1ccc(NC(=O)CN2NC3N(CCN3c3ccccc3)C(=O)C2=O)cc1. The van der Waals surface area contributed by atoms with Crippen LogP contribution in [0.5, 0.6) is 0 Å². The number of amides is 3. The van der Waals surface area contributed by atoms with E-state index in [0.29, 0.717) is 18.8 Å². The first kappa shape index (κ1) is 18.9. The second-order valence-electron chi connectivity index (χ2n) is 7.02. The summed E-state index contributed by atoms with van der Waals surface area (Å²) in [5, 5.41) is 3.86. The van der Waals surface area contributed by atoms with Gasteiger partial charge in [-0.15, -0.1) is 0 Å². The van der Waals surface area contributed by atoms with E-state index in [2.05, 4.69) is 17.7 Å². The topological polar surface area (TPSA) is 85.0 Å². The minimum atomic E-state index is -0.729. The summed E-state index contributed by atoms with van der Waals surface area (Å²) in [5.74, 6) is -1.71. The zero-order chi connectivity index (χ0) is 20.4. The van der Waals surface area contributed by atoms with Gasteiger partial charge in [-0.05, 0) is 36.2 Å². The first-order chi connectivity index (χ1) is 14.1. The van der Waals surface area contributed by atoms with Crippen LogP contribution in [0.25, 0.3) is 0 Å². The summed E-state index contributed by atoms with van der Waals surface area (Å²) in [7, 11) is 0. The highest BCUT2D eigenvalue weighted by atomic mass is 16.2. The molecule has 0 radical (unpaired) electrons. The van der Waals surface area contributed by atoms with E-state index >= 15 is 0 Å². The van der Waals surface area contributed by atoms with E-state index in [9.17, 15) is 14.4 Å². The predicted octanol–water partition coefficient (Wildman–Crippen LogP) is 1.17. The van der Waals surface area contributed by atoms with Gasteiger partial charge >= 0.3 is 11.8 Å². The summed E-state index contributed by atoms with van der Waals surface area (Å²) in [6.45, 7) is 2.85. The lowest BCUT2D eigenvalue weighted by Gasteiger charge is -2.40. The van der Waals surface area contributed by atoms with Gasteiger partial charge in [0.2, 0.25) is 5.91 Å². The van der Waals surface area contributed by atoms with E-state index in [1.54, 1.807) is 0 Å². The average Bonchev–Trinajstić information content (AvgIpc) is 3.17. The van der Waals surface area contributed by atoms with Crippen LogP contribution in [0.15, 0.2) is 54.6 Å². The summed E-state index contributed by atoms with van der Waals surface area (Å²) in [6.07, 6.45) is 0.414. The molecule has 0 aromatic heterocycles. The van der Waals surface area contributed by atoms with Crippen molar-refractivity contribution in [2.75, 3.05) is 29.9 Å². The van der Waals surface area contributed by atoms with Crippen LogP contribution >= 0.6 is 0 Å². The van der Waals surface area contributed by atoms with Crippen LogP contribution in [0.2, 0.25) is 0 Å². The monoisotopic (exact) mass is 393 g/mol. The van der Waals surface area contributed by atoms with Crippen LogP contribution in [0, 0.1) is 0 Å². The number of para-hydroxylation sites is 1.